The second-order valence-electron chi connectivity index (χ2n) is 5.85. The third-order valence-electron chi connectivity index (χ3n) is 4.63. The Bertz CT molecular complexity index is 419. The standard InChI is InChI=1S/C16H25ClN2/c1-3-12-5-4-6-13(9-12)16(19-18)15-10-14(17)8-7-11(15)2/h7-8,10,12-13,16,19H,3-6,9,18H2,1-2H3. The predicted molar refractivity (Wildman–Crippen MR) is 82.0 cm³/mol. The van der Waals surface area contributed by atoms with Crippen molar-refractivity contribution in [3.8, 4) is 0 Å². The molecule has 1 saturated carbocycles. The van der Waals surface area contributed by atoms with E-state index in [1.54, 1.807) is 0 Å². The van der Waals surface area contributed by atoms with E-state index in [2.05, 4.69) is 31.4 Å². The minimum absolute atomic E-state index is 0.230. The fourth-order valence-electron chi connectivity index (χ4n) is 3.43. The van der Waals surface area contributed by atoms with E-state index in [1.807, 2.05) is 6.07 Å². The highest BCUT2D eigenvalue weighted by Crippen LogP contribution is 2.39. The molecule has 3 heteroatoms. The van der Waals surface area contributed by atoms with Gasteiger partial charge in [0, 0.05) is 11.1 Å². The molecule has 3 unspecified atom stereocenters. The lowest BCUT2D eigenvalue weighted by Gasteiger charge is -2.35. The highest BCUT2D eigenvalue weighted by atomic mass is 35.5. The van der Waals surface area contributed by atoms with Gasteiger partial charge in [-0.15, -0.1) is 0 Å². The third-order valence-corrected chi connectivity index (χ3v) is 4.86. The van der Waals surface area contributed by atoms with Gasteiger partial charge in [-0.05, 0) is 54.9 Å². The summed E-state index contributed by atoms with van der Waals surface area (Å²) in [5.41, 5.74) is 5.57. The first-order chi connectivity index (χ1) is 9.15. The van der Waals surface area contributed by atoms with Crippen LogP contribution in [0.15, 0.2) is 18.2 Å². The van der Waals surface area contributed by atoms with Crippen LogP contribution in [-0.2, 0) is 0 Å². The lowest BCUT2D eigenvalue weighted by atomic mass is 9.75. The van der Waals surface area contributed by atoms with E-state index in [1.165, 1.54) is 43.2 Å². The number of rotatable bonds is 4. The highest BCUT2D eigenvalue weighted by Gasteiger charge is 2.29. The van der Waals surface area contributed by atoms with Gasteiger partial charge < -0.3 is 0 Å². The van der Waals surface area contributed by atoms with Gasteiger partial charge in [-0.25, -0.2) is 0 Å². The zero-order valence-corrected chi connectivity index (χ0v) is 12.7. The summed E-state index contributed by atoms with van der Waals surface area (Å²) in [7, 11) is 0. The van der Waals surface area contributed by atoms with Crippen LogP contribution in [0, 0.1) is 18.8 Å². The summed E-state index contributed by atoms with van der Waals surface area (Å²) >= 11 is 6.14. The summed E-state index contributed by atoms with van der Waals surface area (Å²) in [5, 5.41) is 0.795. The fraction of sp³-hybridized carbons (Fsp3) is 0.625. The summed E-state index contributed by atoms with van der Waals surface area (Å²) in [6, 6.07) is 6.33. The average molecular weight is 281 g/mol. The normalized spacial score (nSPS) is 25.3. The van der Waals surface area contributed by atoms with Crippen molar-refractivity contribution in [3.05, 3.63) is 34.3 Å². The summed E-state index contributed by atoms with van der Waals surface area (Å²) in [6.07, 6.45) is 6.51. The van der Waals surface area contributed by atoms with E-state index in [-0.39, 0.29) is 6.04 Å². The Labute approximate surface area is 121 Å². The SMILES string of the molecule is CCC1CCCC(C(NN)c2cc(Cl)ccc2C)C1. The highest BCUT2D eigenvalue weighted by molar-refractivity contribution is 6.30. The van der Waals surface area contributed by atoms with Gasteiger partial charge in [-0.2, -0.15) is 0 Å². The summed E-state index contributed by atoms with van der Waals surface area (Å²) < 4.78 is 0. The van der Waals surface area contributed by atoms with Crippen LogP contribution in [0.5, 0.6) is 0 Å². The maximum Gasteiger partial charge on any atom is 0.0491 e. The first kappa shape index (κ1) is 14.8. The second-order valence-corrected chi connectivity index (χ2v) is 6.28. The topological polar surface area (TPSA) is 38.0 Å². The van der Waals surface area contributed by atoms with E-state index in [4.69, 9.17) is 17.4 Å². The number of aryl methyl sites for hydroxylation is 1. The molecule has 1 aromatic rings. The van der Waals surface area contributed by atoms with Gasteiger partial charge in [0.1, 0.15) is 0 Å². The van der Waals surface area contributed by atoms with Crippen LogP contribution in [0.4, 0.5) is 0 Å². The van der Waals surface area contributed by atoms with E-state index < -0.39 is 0 Å². The smallest absolute Gasteiger partial charge is 0.0491 e. The molecule has 1 aliphatic rings. The van der Waals surface area contributed by atoms with Gasteiger partial charge >= 0.3 is 0 Å². The Morgan fingerprint density at radius 3 is 2.89 bits per heavy atom. The van der Waals surface area contributed by atoms with Gasteiger partial charge in [-0.3, -0.25) is 11.3 Å². The number of nitrogens with two attached hydrogens (primary N) is 1. The third kappa shape index (κ3) is 3.50. The molecule has 1 fully saturated rings. The zero-order chi connectivity index (χ0) is 13.8. The molecule has 3 atom stereocenters. The number of halogens is 1. The molecule has 0 amide bonds. The number of hydrogen-bond donors (Lipinski definition) is 2. The molecular formula is C16H25ClN2. The van der Waals surface area contributed by atoms with E-state index in [0.717, 1.165) is 10.9 Å². The van der Waals surface area contributed by atoms with Gasteiger partial charge in [0.05, 0.1) is 0 Å². The number of hydrazine groups is 1. The quantitative estimate of drug-likeness (QED) is 0.635. The molecule has 2 nitrogen and oxygen atoms in total. The van der Waals surface area contributed by atoms with E-state index in [9.17, 15) is 0 Å². The predicted octanol–water partition coefficient (Wildman–Crippen LogP) is 4.37. The minimum Gasteiger partial charge on any atom is -0.271 e. The maximum absolute atomic E-state index is 6.14. The van der Waals surface area contributed by atoms with Crippen molar-refractivity contribution in [2.75, 3.05) is 0 Å². The molecule has 1 aliphatic carbocycles. The molecular weight excluding hydrogens is 256 g/mol. The summed E-state index contributed by atoms with van der Waals surface area (Å²) in [4.78, 5) is 0. The number of hydrogen-bond acceptors (Lipinski definition) is 2. The van der Waals surface area contributed by atoms with Crippen LogP contribution in [0.2, 0.25) is 5.02 Å². The lowest BCUT2D eigenvalue weighted by Crippen LogP contribution is -2.36. The Hall–Kier alpha value is -0.570. The Morgan fingerprint density at radius 1 is 1.42 bits per heavy atom. The Kier molecular flexibility index (Phi) is 5.26. The summed E-state index contributed by atoms with van der Waals surface area (Å²) in [5.74, 6) is 7.33. The zero-order valence-electron chi connectivity index (χ0n) is 12.0. The lowest BCUT2D eigenvalue weighted by molar-refractivity contribution is 0.209. The first-order valence-electron chi connectivity index (χ1n) is 7.37. The van der Waals surface area contributed by atoms with E-state index in [0.29, 0.717) is 5.92 Å². The van der Waals surface area contributed by atoms with Crippen molar-refractivity contribution in [1.29, 1.82) is 0 Å². The minimum atomic E-state index is 0.230. The van der Waals surface area contributed by atoms with Gasteiger partial charge in [0.15, 0.2) is 0 Å². The van der Waals surface area contributed by atoms with Crippen LogP contribution >= 0.6 is 11.6 Å². The van der Waals surface area contributed by atoms with Crippen molar-refractivity contribution in [2.45, 2.75) is 52.0 Å². The molecule has 106 valence electrons. The van der Waals surface area contributed by atoms with Crippen molar-refractivity contribution in [2.24, 2.45) is 17.7 Å². The molecule has 0 aliphatic heterocycles. The molecule has 1 aromatic carbocycles. The van der Waals surface area contributed by atoms with Crippen LogP contribution < -0.4 is 11.3 Å². The molecule has 0 spiro atoms. The fourth-order valence-corrected chi connectivity index (χ4v) is 3.61. The molecule has 3 N–H and O–H groups in total. The van der Waals surface area contributed by atoms with Gasteiger partial charge in [0.2, 0.25) is 0 Å². The molecule has 2 rings (SSSR count). The molecule has 19 heavy (non-hydrogen) atoms. The molecule has 0 bridgehead atoms. The van der Waals surface area contributed by atoms with Crippen LogP contribution in [-0.4, -0.2) is 0 Å². The molecule has 0 saturated heterocycles. The van der Waals surface area contributed by atoms with E-state index >= 15 is 0 Å². The van der Waals surface area contributed by atoms with Crippen molar-refractivity contribution >= 4 is 11.6 Å². The summed E-state index contributed by atoms with van der Waals surface area (Å²) in [6.45, 7) is 4.43. The second kappa shape index (κ2) is 6.74. The average Bonchev–Trinajstić information content (AvgIpc) is 2.44. The van der Waals surface area contributed by atoms with Gasteiger partial charge in [-0.1, -0.05) is 43.9 Å². The Balaban J connectivity index is 2.21. The molecule has 0 aromatic heterocycles. The van der Waals surface area contributed by atoms with Crippen LogP contribution in [0.1, 0.15) is 56.2 Å². The van der Waals surface area contributed by atoms with Crippen LogP contribution in [0.25, 0.3) is 0 Å². The number of benzene rings is 1. The molecule has 0 radical (unpaired) electrons. The number of nitrogens with one attached hydrogen (secondary N) is 1. The largest absolute Gasteiger partial charge is 0.271 e. The van der Waals surface area contributed by atoms with Gasteiger partial charge in [0.25, 0.3) is 0 Å². The maximum atomic E-state index is 6.14. The van der Waals surface area contributed by atoms with Crippen molar-refractivity contribution < 1.29 is 0 Å². The van der Waals surface area contributed by atoms with Crippen LogP contribution in [0.3, 0.4) is 0 Å². The van der Waals surface area contributed by atoms with Crippen molar-refractivity contribution in [1.82, 2.24) is 5.43 Å². The Morgan fingerprint density at radius 2 is 2.21 bits per heavy atom. The monoisotopic (exact) mass is 280 g/mol. The first-order valence-corrected chi connectivity index (χ1v) is 7.75. The molecule has 0 heterocycles. The van der Waals surface area contributed by atoms with Crippen molar-refractivity contribution in [3.63, 3.8) is 0 Å².